The Morgan fingerprint density at radius 3 is 2.53 bits per heavy atom. The van der Waals surface area contributed by atoms with Crippen molar-refractivity contribution in [2.75, 3.05) is 27.3 Å². The van der Waals surface area contributed by atoms with Gasteiger partial charge >= 0.3 is 5.97 Å². The molecule has 11 heteroatoms. The Labute approximate surface area is 252 Å². The molecule has 1 aromatic carbocycles. The molecule has 2 aliphatic heterocycles. The number of nitrogens with one attached hydrogen (secondary N) is 2. The molecule has 1 saturated heterocycles. The predicted octanol–water partition coefficient (Wildman–Crippen LogP) is 3.00. The fourth-order valence-electron chi connectivity index (χ4n) is 5.33. The van der Waals surface area contributed by atoms with E-state index in [0.717, 1.165) is 22.2 Å². The van der Waals surface area contributed by atoms with Crippen LogP contribution in [0.2, 0.25) is 0 Å². The lowest BCUT2D eigenvalue weighted by Crippen LogP contribution is -2.61. The van der Waals surface area contributed by atoms with Gasteiger partial charge in [0, 0.05) is 26.1 Å². The van der Waals surface area contributed by atoms with Crippen LogP contribution in [0.5, 0.6) is 0 Å². The molecule has 0 spiro atoms. The van der Waals surface area contributed by atoms with E-state index >= 15 is 0 Å². The first kappa shape index (κ1) is 32.1. The maximum atomic E-state index is 13.5. The molecule has 43 heavy (non-hydrogen) atoms. The molecule has 0 saturated carbocycles. The van der Waals surface area contributed by atoms with Gasteiger partial charge in [-0.2, -0.15) is 0 Å². The molecule has 3 amide bonds. The second-order valence-corrected chi connectivity index (χ2v) is 12.1. The minimum absolute atomic E-state index is 0.0271. The number of hydrogen-bond acceptors (Lipinski definition) is 8. The topological polar surface area (TPSA) is 130 Å². The quantitative estimate of drug-likeness (QED) is 0.520. The number of methoxy groups -OCH3 is 1. The maximum absolute atomic E-state index is 13.5. The zero-order chi connectivity index (χ0) is 31.5. The molecule has 1 aromatic heterocycles. The van der Waals surface area contributed by atoms with Gasteiger partial charge in [-0.1, -0.05) is 44.2 Å². The zero-order valence-corrected chi connectivity index (χ0v) is 26.0. The van der Waals surface area contributed by atoms with Gasteiger partial charge in [0.1, 0.15) is 17.5 Å². The molecule has 0 aliphatic carbocycles. The molecule has 2 aromatic rings. The van der Waals surface area contributed by atoms with E-state index in [1.807, 2.05) is 37.3 Å². The molecule has 5 unspecified atom stereocenters. The number of amides is 3. The number of pyridine rings is 1. The Morgan fingerprint density at radius 1 is 1.12 bits per heavy atom. The maximum Gasteiger partial charge on any atom is 0.318 e. The Balaban J connectivity index is 1.77. The molecule has 2 N–H and O–H groups in total. The highest BCUT2D eigenvalue weighted by atomic mass is 16.6. The molecule has 5 atom stereocenters. The first-order valence-electron chi connectivity index (χ1n) is 14.8. The van der Waals surface area contributed by atoms with Crippen molar-refractivity contribution in [3.63, 3.8) is 0 Å². The minimum Gasteiger partial charge on any atom is -0.451 e. The third-order valence-electron chi connectivity index (χ3n) is 8.23. The van der Waals surface area contributed by atoms with E-state index in [1.165, 1.54) is 12.1 Å². The molecule has 4 rings (SSSR count). The van der Waals surface area contributed by atoms with E-state index in [4.69, 9.17) is 14.5 Å². The summed E-state index contributed by atoms with van der Waals surface area (Å²) in [5.41, 5.74) is 4.15. The molecule has 5 bridgehead atoms. The Bertz CT molecular complexity index is 1410. The van der Waals surface area contributed by atoms with Crippen LogP contribution >= 0.6 is 0 Å². The van der Waals surface area contributed by atoms with Crippen LogP contribution < -0.4 is 10.7 Å². The van der Waals surface area contributed by atoms with Crippen molar-refractivity contribution >= 4 is 40.7 Å². The summed E-state index contributed by atoms with van der Waals surface area (Å²) >= 11 is 0. The molecule has 2 aliphatic rings. The summed E-state index contributed by atoms with van der Waals surface area (Å²) < 4.78 is 11.2. The van der Waals surface area contributed by atoms with Crippen LogP contribution in [0.3, 0.4) is 0 Å². The lowest BCUT2D eigenvalue weighted by atomic mass is 9.90. The van der Waals surface area contributed by atoms with Gasteiger partial charge in [-0.3, -0.25) is 29.2 Å². The Hall–Kier alpha value is -3.83. The number of hydrazine groups is 1. The number of likely N-dealkylation sites (N-methyl/N-ethyl adjacent to an activating group) is 1. The van der Waals surface area contributed by atoms with Gasteiger partial charge in [0.05, 0.1) is 23.9 Å². The molecule has 232 valence electrons. The van der Waals surface area contributed by atoms with Crippen molar-refractivity contribution in [1.29, 1.82) is 0 Å². The monoisotopic (exact) mass is 593 g/mol. The molecule has 3 heterocycles. The summed E-state index contributed by atoms with van der Waals surface area (Å²) in [6.07, 6.45) is 3.56. The second kappa shape index (κ2) is 13.2. The standard InChI is InChI=1S/C32H43N5O6/c1-19(2)27-28(38)33-20(3)29(39)37-16-8-9-25(35-37)30(40)36(6)21(4)24-13-12-23-11-10-22(17-26(23)34-24)14-15-32(5,18-42-7)31(41)43-27/h10-15,17,19-21,25,27,35H,8-9,16,18H2,1-7H3,(H,33,38). The van der Waals surface area contributed by atoms with Crippen LogP contribution in [0.1, 0.15) is 64.8 Å². The highest BCUT2D eigenvalue weighted by Gasteiger charge is 2.39. The van der Waals surface area contributed by atoms with Crippen molar-refractivity contribution in [2.45, 2.75) is 71.7 Å². The number of cyclic esters (lactones) is 1. The predicted molar refractivity (Wildman–Crippen MR) is 162 cm³/mol. The highest BCUT2D eigenvalue weighted by Crippen LogP contribution is 2.27. The zero-order valence-electron chi connectivity index (χ0n) is 26.0. The van der Waals surface area contributed by atoms with Crippen molar-refractivity contribution in [3.8, 4) is 0 Å². The first-order chi connectivity index (χ1) is 20.3. The number of carbonyl (C=O) groups is 4. The van der Waals surface area contributed by atoms with E-state index < -0.39 is 35.5 Å². The van der Waals surface area contributed by atoms with Crippen molar-refractivity contribution in [3.05, 3.63) is 47.7 Å². The summed E-state index contributed by atoms with van der Waals surface area (Å²) in [6, 6.07) is 7.81. The van der Waals surface area contributed by atoms with Gasteiger partial charge in [-0.15, -0.1) is 0 Å². The molecule has 0 radical (unpaired) electrons. The van der Waals surface area contributed by atoms with Crippen molar-refractivity contribution in [2.24, 2.45) is 11.3 Å². The number of hydrogen-bond donors (Lipinski definition) is 2. The summed E-state index contributed by atoms with van der Waals surface area (Å²) in [4.78, 5) is 60.3. The summed E-state index contributed by atoms with van der Waals surface area (Å²) in [5.74, 6) is -2.11. The van der Waals surface area contributed by atoms with Gasteiger partial charge in [-0.25, -0.2) is 5.43 Å². The smallest absolute Gasteiger partial charge is 0.318 e. The second-order valence-electron chi connectivity index (χ2n) is 12.1. The number of fused-ring (bicyclic) bond motifs is 4. The summed E-state index contributed by atoms with van der Waals surface area (Å²) in [5, 5.41) is 5.04. The third kappa shape index (κ3) is 7.05. The van der Waals surface area contributed by atoms with Crippen LogP contribution in [0.15, 0.2) is 36.4 Å². The van der Waals surface area contributed by atoms with Crippen molar-refractivity contribution in [1.82, 2.24) is 25.6 Å². The fourth-order valence-corrected chi connectivity index (χ4v) is 5.33. The van der Waals surface area contributed by atoms with Gasteiger partial charge in [0.2, 0.25) is 5.91 Å². The SMILES string of the molecule is COCC1(C)C=Cc2ccc3ccc(nc3c2)C(C)N(C)C(=O)C2CCCN(N2)C(=O)C(C)NC(=O)C(C(C)C)OC1=O. The van der Waals surface area contributed by atoms with Gasteiger partial charge in [0.25, 0.3) is 11.8 Å². The Kier molecular flexibility index (Phi) is 9.86. The molecular weight excluding hydrogens is 550 g/mol. The number of rotatable bonds is 3. The normalized spacial score (nSPS) is 27.9. The van der Waals surface area contributed by atoms with Crippen LogP contribution in [-0.4, -0.2) is 84.1 Å². The number of esters is 1. The molecule has 1 fully saturated rings. The number of ether oxygens (including phenoxy) is 2. The third-order valence-corrected chi connectivity index (χ3v) is 8.23. The fraction of sp³-hybridized carbons (Fsp3) is 0.531. The summed E-state index contributed by atoms with van der Waals surface area (Å²) in [7, 11) is 3.23. The van der Waals surface area contributed by atoms with E-state index in [0.29, 0.717) is 19.4 Å². The first-order valence-corrected chi connectivity index (χ1v) is 14.8. The van der Waals surface area contributed by atoms with Gasteiger partial charge < -0.3 is 19.7 Å². The lowest BCUT2D eigenvalue weighted by Gasteiger charge is -2.37. The number of aromatic nitrogens is 1. The average molecular weight is 594 g/mol. The van der Waals surface area contributed by atoms with Crippen LogP contribution in [-0.2, 0) is 28.7 Å². The number of carbonyl (C=O) groups excluding carboxylic acids is 4. The van der Waals surface area contributed by atoms with Crippen LogP contribution in [0, 0.1) is 11.3 Å². The number of nitrogens with zero attached hydrogens (tertiary/aromatic N) is 3. The number of benzene rings is 1. The Morgan fingerprint density at radius 2 is 1.84 bits per heavy atom. The van der Waals surface area contributed by atoms with Crippen LogP contribution in [0.25, 0.3) is 17.0 Å². The van der Waals surface area contributed by atoms with E-state index in [-0.39, 0.29) is 30.4 Å². The summed E-state index contributed by atoms with van der Waals surface area (Å²) in [6.45, 7) is 9.14. The van der Waals surface area contributed by atoms with E-state index in [2.05, 4.69) is 10.7 Å². The molecular formula is C32H43N5O6. The van der Waals surface area contributed by atoms with E-state index in [1.54, 1.807) is 51.8 Å². The largest absolute Gasteiger partial charge is 0.451 e. The van der Waals surface area contributed by atoms with Crippen LogP contribution in [0.4, 0.5) is 0 Å². The van der Waals surface area contributed by atoms with Gasteiger partial charge in [0.15, 0.2) is 6.10 Å². The van der Waals surface area contributed by atoms with Crippen molar-refractivity contribution < 1.29 is 28.7 Å². The molecule has 11 nitrogen and oxygen atoms in total. The minimum atomic E-state index is -1.20. The van der Waals surface area contributed by atoms with E-state index in [9.17, 15) is 19.2 Å². The lowest BCUT2D eigenvalue weighted by molar-refractivity contribution is -0.168. The highest BCUT2D eigenvalue weighted by molar-refractivity contribution is 5.91. The van der Waals surface area contributed by atoms with Gasteiger partial charge in [-0.05, 0) is 57.2 Å². The average Bonchev–Trinajstić information content (AvgIpc) is 3.00.